The molecule has 0 fully saturated rings. The molecule has 0 amide bonds. The van der Waals surface area contributed by atoms with Crippen LogP contribution in [-0.2, 0) is 25.9 Å². The van der Waals surface area contributed by atoms with Crippen molar-refractivity contribution in [1.82, 2.24) is 29.1 Å². The molecule has 0 saturated carbocycles. The van der Waals surface area contributed by atoms with Gasteiger partial charge in [0.25, 0.3) is 0 Å². The van der Waals surface area contributed by atoms with E-state index in [2.05, 4.69) is 15.0 Å². The van der Waals surface area contributed by atoms with E-state index in [-0.39, 0.29) is 32.8 Å². The van der Waals surface area contributed by atoms with Gasteiger partial charge in [-0.15, -0.1) is 0 Å². The fourth-order valence-corrected chi connectivity index (χ4v) is 9.33. The molecular weight excluding hydrogens is 985 g/mol. The number of oxazole rings is 2. The van der Waals surface area contributed by atoms with Crippen molar-refractivity contribution < 1.29 is 38.8 Å². The van der Waals surface area contributed by atoms with Crippen molar-refractivity contribution >= 4 is 42.9 Å². The third-order valence-corrected chi connectivity index (χ3v) is 13.7. The van der Waals surface area contributed by atoms with Crippen LogP contribution >= 0.6 is 23.2 Å². The largest absolute Gasteiger partial charge is 0.443 e. The molecule has 10 rings (SSSR count). The van der Waals surface area contributed by atoms with Gasteiger partial charge < -0.3 is 8.83 Å². The van der Waals surface area contributed by atoms with E-state index in [4.69, 9.17) is 37.0 Å². The molecule has 0 aliphatic rings. The number of benzene rings is 6. The zero-order chi connectivity index (χ0) is 49.4. The maximum Gasteiger partial charge on any atom is 0.417 e. The summed E-state index contributed by atoms with van der Waals surface area (Å²) in [5, 5.41) is 0.991. The Balaban J connectivity index is 0.000000174. The highest BCUT2D eigenvalue weighted by molar-refractivity contribution is 7.91. The number of alkyl halides is 3. The molecule has 6 aromatic carbocycles. The normalized spacial score (nSPS) is 11.9. The Morgan fingerprint density at radius 1 is 0.529 bits per heavy atom. The van der Waals surface area contributed by atoms with Gasteiger partial charge in [-0.2, -0.15) is 13.2 Å². The Labute approximate surface area is 409 Å². The van der Waals surface area contributed by atoms with Crippen LogP contribution in [0.15, 0.2) is 195 Å². The van der Waals surface area contributed by atoms with Crippen LogP contribution < -0.4 is 0 Å². The molecule has 12 nitrogen and oxygen atoms in total. The first-order valence-electron chi connectivity index (χ1n) is 20.8. The molecule has 10 aromatic rings. The van der Waals surface area contributed by atoms with Gasteiger partial charge in [0.15, 0.2) is 19.7 Å². The molecular formula is C51H35Cl2F3N6O6S2. The minimum atomic E-state index is -4.58. The van der Waals surface area contributed by atoms with Gasteiger partial charge in [-0.1, -0.05) is 96.0 Å². The average molecular weight is 1020 g/mol. The fraction of sp³-hybridized carbons (Fsp3) is 0.0588. The van der Waals surface area contributed by atoms with Crippen LogP contribution in [-0.4, -0.2) is 58.4 Å². The summed E-state index contributed by atoms with van der Waals surface area (Å²) in [7, 11) is -6.70. The Morgan fingerprint density at radius 3 is 1.56 bits per heavy atom. The van der Waals surface area contributed by atoms with Crippen LogP contribution in [0.1, 0.15) is 5.56 Å². The first-order valence-corrected chi connectivity index (χ1v) is 25.4. The molecule has 4 heterocycles. The Hall–Kier alpha value is -7.57. The fourth-order valence-electron chi connectivity index (χ4n) is 7.50. The summed E-state index contributed by atoms with van der Waals surface area (Å²) in [6.07, 6.45) is 6.91. The molecule has 0 spiro atoms. The maximum absolute atomic E-state index is 13.8. The summed E-state index contributed by atoms with van der Waals surface area (Å²) in [6, 6.07) is 38.4. The molecule has 352 valence electrons. The number of hydrogen-bond donors (Lipinski definition) is 0. The quantitative estimate of drug-likeness (QED) is 0.129. The first-order chi connectivity index (χ1) is 33.4. The minimum absolute atomic E-state index is 0.0722. The zero-order valence-corrected chi connectivity index (χ0v) is 39.7. The van der Waals surface area contributed by atoms with Gasteiger partial charge in [0, 0.05) is 41.7 Å². The van der Waals surface area contributed by atoms with E-state index in [0.717, 1.165) is 34.6 Å². The second-order valence-electron chi connectivity index (χ2n) is 15.7. The molecule has 4 aromatic heterocycles. The molecule has 0 unspecified atom stereocenters. The molecule has 0 bridgehead atoms. The van der Waals surface area contributed by atoms with Crippen molar-refractivity contribution in [2.45, 2.75) is 16.0 Å². The molecule has 0 aliphatic carbocycles. The van der Waals surface area contributed by atoms with Gasteiger partial charge >= 0.3 is 6.18 Å². The summed E-state index contributed by atoms with van der Waals surface area (Å²) in [5.41, 5.74) is 4.81. The average Bonchev–Trinajstić information content (AvgIpc) is 4.20. The van der Waals surface area contributed by atoms with Gasteiger partial charge in [0.05, 0.1) is 43.5 Å². The summed E-state index contributed by atoms with van der Waals surface area (Å²) in [5.74, 6) is 1.20. The number of halogens is 5. The van der Waals surface area contributed by atoms with Crippen molar-refractivity contribution in [1.29, 1.82) is 0 Å². The maximum atomic E-state index is 13.8. The van der Waals surface area contributed by atoms with E-state index in [1.54, 1.807) is 96.0 Å². The predicted molar refractivity (Wildman–Crippen MR) is 261 cm³/mol. The molecule has 70 heavy (non-hydrogen) atoms. The van der Waals surface area contributed by atoms with E-state index in [0.29, 0.717) is 44.4 Å². The Morgan fingerprint density at radius 2 is 1.03 bits per heavy atom. The van der Waals surface area contributed by atoms with Crippen LogP contribution in [0.25, 0.3) is 79.6 Å². The predicted octanol–water partition coefficient (Wildman–Crippen LogP) is 12.9. The van der Waals surface area contributed by atoms with Crippen LogP contribution in [0.5, 0.6) is 0 Å². The number of aromatic nitrogens is 6. The van der Waals surface area contributed by atoms with Crippen molar-refractivity contribution in [3.63, 3.8) is 0 Å². The van der Waals surface area contributed by atoms with E-state index >= 15 is 0 Å². The molecule has 0 N–H and O–H groups in total. The molecule has 0 atom stereocenters. The summed E-state index contributed by atoms with van der Waals surface area (Å²) < 4.78 is 103. The lowest BCUT2D eigenvalue weighted by Crippen LogP contribution is -2.08. The third-order valence-electron chi connectivity index (χ3n) is 10.8. The van der Waals surface area contributed by atoms with Crippen molar-refractivity contribution in [2.75, 3.05) is 12.5 Å². The van der Waals surface area contributed by atoms with E-state index < -0.39 is 31.4 Å². The van der Waals surface area contributed by atoms with Crippen LogP contribution in [0, 0.1) is 0 Å². The van der Waals surface area contributed by atoms with Crippen molar-refractivity contribution in [3.05, 3.63) is 192 Å². The van der Waals surface area contributed by atoms with Crippen molar-refractivity contribution in [3.8, 4) is 79.6 Å². The van der Waals surface area contributed by atoms with E-state index in [1.165, 1.54) is 49.2 Å². The van der Waals surface area contributed by atoms with Crippen LogP contribution in [0.2, 0.25) is 10.0 Å². The minimum Gasteiger partial charge on any atom is -0.443 e. The summed E-state index contributed by atoms with van der Waals surface area (Å²) in [4.78, 5) is 17.9. The standard InChI is InChI=1S/C26H18F3N3O3S.C25H17Cl2N3O3S/c1-36(33,34)20-6-4-5-18(15-20)17-9-11-19(12-10-17)32-16-23(25-30-13-14-35-25)31-24(32)21-7-2-3-8-22(21)26(27,28)29;1-34(31,32)18-6-4-5-16(13-18)17-9-10-23(21(27)14-17)30-15-22(25-28-11-12-33-25)29-24(30)19-7-2-3-8-20(19)26/h2-16H,1H3;2-15H,1H3. The van der Waals surface area contributed by atoms with E-state index in [1.807, 2.05) is 41.0 Å². The number of imidazole rings is 2. The van der Waals surface area contributed by atoms with Gasteiger partial charge in [-0.3, -0.25) is 9.13 Å². The number of sulfone groups is 2. The molecule has 0 aliphatic heterocycles. The monoisotopic (exact) mass is 1020 g/mol. The molecule has 19 heteroatoms. The first kappa shape index (κ1) is 47.5. The van der Waals surface area contributed by atoms with Gasteiger partial charge in [-0.25, -0.2) is 36.8 Å². The number of hydrogen-bond acceptors (Lipinski definition) is 10. The second kappa shape index (κ2) is 19.1. The summed E-state index contributed by atoms with van der Waals surface area (Å²) >= 11 is 13.2. The number of nitrogens with zero attached hydrogens (tertiary/aromatic N) is 6. The third kappa shape index (κ3) is 10.1. The Kier molecular flexibility index (Phi) is 12.9. The SMILES string of the molecule is CS(=O)(=O)c1cccc(-c2ccc(-n3cc(-c4ncco4)nc3-c3ccccc3C(F)(F)F)cc2)c1.CS(=O)(=O)c1cccc(-c2ccc(-n3cc(-c4ncco4)nc3-c3ccccc3Cl)c(Cl)c2)c1. The van der Waals surface area contributed by atoms with Gasteiger partial charge in [0.1, 0.15) is 35.6 Å². The topological polar surface area (TPSA) is 156 Å². The van der Waals surface area contributed by atoms with Crippen LogP contribution in [0.3, 0.4) is 0 Å². The highest BCUT2D eigenvalue weighted by atomic mass is 35.5. The highest BCUT2D eigenvalue weighted by Crippen LogP contribution is 2.39. The van der Waals surface area contributed by atoms with Gasteiger partial charge in [0.2, 0.25) is 11.8 Å². The highest BCUT2D eigenvalue weighted by Gasteiger charge is 2.35. The lowest BCUT2D eigenvalue weighted by molar-refractivity contribution is -0.137. The smallest absolute Gasteiger partial charge is 0.417 e. The number of rotatable bonds is 10. The molecule has 0 radical (unpaired) electrons. The second-order valence-corrected chi connectivity index (χ2v) is 20.5. The van der Waals surface area contributed by atoms with Crippen LogP contribution in [0.4, 0.5) is 13.2 Å². The van der Waals surface area contributed by atoms with Crippen molar-refractivity contribution in [2.24, 2.45) is 0 Å². The summed E-state index contributed by atoms with van der Waals surface area (Å²) in [6.45, 7) is 0. The molecule has 0 saturated heterocycles. The van der Waals surface area contributed by atoms with Gasteiger partial charge in [-0.05, 0) is 89.0 Å². The Bertz CT molecular complexity index is 3750. The van der Waals surface area contributed by atoms with E-state index in [9.17, 15) is 30.0 Å². The lowest BCUT2D eigenvalue weighted by Gasteiger charge is -2.14. The lowest BCUT2D eigenvalue weighted by atomic mass is 10.0. The zero-order valence-electron chi connectivity index (χ0n) is 36.6.